The summed E-state index contributed by atoms with van der Waals surface area (Å²) in [7, 11) is 3.76. The number of fused-ring (bicyclic) bond motifs is 4. The normalized spacial score (nSPS) is 45.8. The van der Waals surface area contributed by atoms with Gasteiger partial charge in [-0.1, -0.05) is 6.07 Å². The minimum absolute atomic E-state index is 0.0922. The molecule has 1 aromatic carbocycles. The Kier molecular flexibility index (Phi) is 3.84. The number of esters is 1. The Morgan fingerprint density at radius 2 is 1.91 bits per heavy atom. The largest absolute Gasteiger partial charge is 0.503 e. The van der Waals surface area contributed by atoms with Crippen LogP contribution in [0.3, 0.4) is 0 Å². The zero-order valence-corrected chi connectivity index (χ0v) is 19.7. The predicted octanol–water partition coefficient (Wildman–Crippen LogP) is -0.122. The van der Waals surface area contributed by atoms with Crippen LogP contribution in [0.5, 0.6) is 11.5 Å². The first-order valence-electron chi connectivity index (χ1n) is 11.9. The van der Waals surface area contributed by atoms with Gasteiger partial charge < -0.3 is 34.3 Å². The van der Waals surface area contributed by atoms with Crippen molar-refractivity contribution < 1.29 is 43.9 Å². The first-order valence-corrected chi connectivity index (χ1v) is 11.9. The lowest BCUT2D eigenvalue weighted by Gasteiger charge is -2.72. The summed E-state index contributed by atoms with van der Waals surface area (Å²) in [5, 5.41) is 35.8. The van der Waals surface area contributed by atoms with E-state index in [2.05, 4.69) is 4.90 Å². The van der Waals surface area contributed by atoms with Crippen LogP contribution in [0.4, 0.5) is 10.5 Å². The third-order valence-electron chi connectivity index (χ3n) is 10.1. The van der Waals surface area contributed by atoms with Crippen molar-refractivity contribution in [1.82, 2.24) is 4.90 Å². The summed E-state index contributed by atoms with van der Waals surface area (Å²) < 4.78 is 21.7. The first-order chi connectivity index (χ1) is 16.7. The number of hydrogen-bond acceptors (Lipinski definition) is 10. The average Bonchev–Trinajstić information content (AvgIpc) is 3.48. The molecule has 4 aliphatic heterocycles. The second-order valence-corrected chi connectivity index (χ2v) is 10.7. The lowest BCUT2D eigenvalue weighted by molar-refractivity contribution is -0.279. The molecule has 3 saturated heterocycles. The number of aliphatic hydroxyl groups excluding tert-OH is 1. The Morgan fingerprint density at radius 1 is 1.14 bits per heavy atom. The zero-order chi connectivity index (χ0) is 24.7. The van der Waals surface area contributed by atoms with Crippen LogP contribution in [0.2, 0.25) is 0 Å². The molecular formula is C24H28N2O9. The lowest BCUT2D eigenvalue weighted by atomic mass is 9.36. The molecule has 7 aliphatic rings. The topological polar surface area (TPSA) is 142 Å². The van der Waals surface area contributed by atoms with E-state index in [0.29, 0.717) is 31.5 Å². The number of phenolic OH excluding ortho intramolecular Hbond substituents is 1. The van der Waals surface area contributed by atoms with E-state index in [1.165, 1.54) is 19.1 Å². The number of ether oxygens (including phenoxy) is 4. The van der Waals surface area contributed by atoms with Crippen molar-refractivity contribution in [1.29, 1.82) is 0 Å². The van der Waals surface area contributed by atoms with Gasteiger partial charge in [-0.3, -0.25) is 9.80 Å². The summed E-state index contributed by atoms with van der Waals surface area (Å²) in [6.45, 7) is 1.28. The number of methoxy groups -OCH3 is 3. The molecule has 8 atom stereocenters. The van der Waals surface area contributed by atoms with Gasteiger partial charge in [0.25, 0.3) is 0 Å². The zero-order valence-electron chi connectivity index (χ0n) is 19.7. The third kappa shape index (κ3) is 1.84. The fraction of sp³-hybridized carbons (Fsp3) is 0.667. The van der Waals surface area contributed by atoms with Crippen molar-refractivity contribution in [2.24, 2.45) is 5.41 Å². The maximum Gasteiger partial charge on any atom is 0.414 e. The van der Waals surface area contributed by atoms with Crippen molar-refractivity contribution in [3.63, 3.8) is 0 Å². The molecule has 188 valence electrons. The molecule has 3 N–H and O–H groups in total. The molecular weight excluding hydrogens is 460 g/mol. The molecule has 35 heavy (non-hydrogen) atoms. The van der Waals surface area contributed by atoms with E-state index >= 15 is 0 Å². The van der Waals surface area contributed by atoms with Crippen molar-refractivity contribution in [3.8, 4) is 11.5 Å². The minimum Gasteiger partial charge on any atom is -0.503 e. The van der Waals surface area contributed by atoms with Gasteiger partial charge in [0.1, 0.15) is 11.6 Å². The SMILES string of the molecule is COC(=O)N1c2c(ccc(OC)c2O)C23CCN4CC5OC5C5(CCC12C(O)(C(=O)OC)C5O)C43. The molecule has 3 aliphatic carbocycles. The van der Waals surface area contributed by atoms with Gasteiger partial charge >= 0.3 is 12.1 Å². The van der Waals surface area contributed by atoms with Crippen LogP contribution in [-0.4, -0.2) is 102 Å². The van der Waals surface area contributed by atoms with Gasteiger partial charge in [-0.25, -0.2) is 9.59 Å². The third-order valence-corrected chi connectivity index (χ3v) is 10.1. The van der Waals surface area contributed by atoms with Crippen LogP contribution in [0.15, 0.2) is 12.1 Å². The Bertz CT molecular complexity index is 1190. The summed E-state index contributed by atoms with van der Waals surface area (Å²) >= 11 is 0. The van der Waals surface area contributed by atoms with Gasteiger partial charge in [0, 0.05) is 23.4 Å². The number of anilines is 1. The Balaban J connectivity index is 1.63. The number of piperidine rings is 1. The fourth-order valence-electron chi connectivity index (χ4n) is 9.22. The first kappa shape index (κ1) is 21.7. The molecule has 8 rings (SSSR count). The summed E-state index contributed by atoms with van der Waals surface area (Å²) in [4.78, 5) is 30.6. The summed E-state index contributed by atoms with van der Waals surface area (Å²) in [6.07, 6.45) is -1.76. The number of aliphatic hydroxyl groups is 2. The molecule has 11 heteroatoms. The number of phenols is 1. The quantitative estimate of drug-likeness (QED) is 0.381. The second-order valence-electron chi connectivity index (χ2n) is 10.7. The highest BCUT2D eigenvalue weighted by atomic mass is 16.6. The molecule has 6 fully saturated rings. The summed E-state index contributed by atoms with van der Waals surface area (Å²) in [6, 6.07) is 3.08. The van der Waals surface area contributed by atoms with Crippen LogP contribution >= 0.6 is 0 Å². The number of epoxide rings is 1. The number of hydrogen-bond donors (Lipinski definition) is 3. The van der Waals surface area contributed by atoms with Gasteiger partial charge in [0.05, 0.1) is 39.2 Å². The van der Waals surface area contributed by atoms with Crippen LogP contribution in [0, 0.1) is 5.41 Å². The minimum atomic E-state index is -2.51. The predicted molar refractivity (Wildman–Crippen MR) is 117 cm³/mol. The Labute approximate surface area is 201 Å². The summed E-state index contributed by atoms with van der Waals surface area (Å²) in [5.74, 6) is -1.18. The molecule has 3 spiro atoms. The Hall–Kier alpha value is -2.60. The van der Waals surface area contributed by atoms with Gasteiger partial charge in [-0.15, -0.1) is 0 Å². The number of carbonyl (C=O) groups excluding carboxylic acids is 2. The van der Waals surface area contributed by atoms with Gasteiger partial charge in [0.2, 0.25) is 5.60 Å². The molecule has 8 unspecified atom stereocenters. The van der Waals surface area contributed by atoms with E-state index in [1.807, 2.05) is 0 Å². The Morgan fingerprint density at radius 3 is 2.60 bits per heavy atom. The maximum absolute atomic E-state index is 13.6. The molecule has 0 aromatic heterocycles. The van der Waals surface area contributed by atoms with Gasteiger partial charge in [0.15, 0.2) is 11.5 Å². The average molecular weight is 488 g/mol. The molecule has 2 bridgehead atoms. The highest BCUT2D eigenvalue weighted by Gasteiger charge is 2.93. The standard InChI is InChI=1S/C24H28N2O9/c1-32-12-5-4-11-14(15(12)27)26(20(30)34-3)23-7-6-21(18(28)24(23,31)19(29)33-2)16-13(35-16)10-25-9-8-22(11,23)17(21)25/h4-5,13,16-18,27-28,31H,6-10H2,1-3H3. The summed E-state index contributed by atoms with van der Waals surface area (Å²) in [5.41, 5.74) is -5.39. The fourth-order valence-corrected chi connectivity index (χ4v) is 9.22. The maximum atomic E-state index is 13.6. The van der Waals surface area contributed by atoms with E-state index in [0.717, 1.165) is 7.11 Å². The monoisotopic (exact) mass is 488 g/mol. The van der Waals surface area contributed by atoms with Crippen LogP contribution < -0.4 is 9.64 Å². The lowest BCUT2D eigenvalue weighted by Crippen LogP contribution is -2.92. The van der Waals surface area contributed by atoms with Crippen LogP contribution in [0.25, 0.3) is 0 Å². The molecule has 0 radical (unpaired) electrons. The number of rotatable bonds is 2. The highest BCUT2D eigenvalue weighted by Crippen LogP contribution is 2.79. The van der Waals surface area contributed by atoms with E-state index < -0.39 is 40.1 Å². The van der Waals surface area contributed by atoms with Crippen LogP contribution in [-0.2, 0) is 24.4 Å². The molecule has 4 heterocycles. The van der Waals surface area contributed by atoms with Crippen molar-refractivity contribution in [2.75, 3.05) is 39.3 Å². The highest BCUT2D eigenvalue weighted by molar-refractivity contribution is 6.01. The number of aromatic hydroxyl groups is 1. The van der Waals surface area contributed by atoms with E-state index in [-0.39, 0.29) is 41.9 Å². The smallest absolute Gasteiger partial charge is 0.414 e. The number of benzene rings is 1. The molecule has 1 amide bonds. The molecule has 1 aromatic rings. The van der Waals surface area contributed by atoms with E-state index in [1.54, 1.807) is 12.1 Å². The van der Waals surface area contributed by atoms with Gasteiger partial charge in [-0.2, -0.15) is 0 Å². The van der Waals surface area contributed by atoms with Crippen molar-refractivity contribution in [2.45, 2.75) is 60.2 Å². The molecule has 11 nitrogen and oxygen atoms in total. The molecule has 3 saturated carbocycles. The van der Waals surface area contributed by atoms with E-state index in [4.69, 9.17) is 18.9 Å². The van der Waals surface area contributed by atoms with Crippen LogP contribution in [0.1, 0.15) is 24.8 Å². The second kappa shape index (κ2) is 6.20. The van der Waals surface area contributed by atoms with Crippen molar-refractivity contribution in [3.05, 3.63) is 17.7 Å². The van der Waals surface area contributed by atoms with Crippen molar-refractivity contribution >= 4 is 17.7 Å². The number of nitrogens with zero attached hydrogens (tertiary/aromatic N) is 2. The van der Waals surface area contributed by atoms with Gasteiger partial charge in [-0.05, 0) is 37.4 Å². The van der Waals surface area contributed by atoms with E-state index in [9.17, 15) is 24.9 Å². The number of carbonyl (C=O) groups is 2. The number of amides is 1.